The van der Waals surface area contributed by atoms with Crippen molar-refractivity contribution in [2.24, 2.45) is 0 Å². The van der Waals surface area contributed by atoms with Crippen molar-refractivity contribution in [1.82, 2.24) is 5.32 Å². The smallest absolute Gasteiger partial charge is 0.262 e. The third kappa shape index (κ3) is 5.23. The van der Waals surface area contributed by atoms with Crippen LogP contribution in [0, 0.1) is 11.3 Å². The summed E-state index contributed by atoms with van der Waals surface area (Å²) in [5.74, 6) is -0.299. The highest BCUT2D eigenvalue weighted by atomic mass is 16.5. The Hall–Kier alpha value is -2.32. The molecule has 1 aromatic carbocycles. The molecule has 5 nitrogen and oxygen atoms in total. The van der Waals surface area contributed by atoms with Gasteiger partial charge in [-0.1, -0.05) is 12.1 Å². The maximum atomic E-state index is 11.7. The Morgan fingerprint density at radius 1 is 1.47 bits per heavy atom. The number of ether oxygens (including phenoxy) is 1. The first kappa shape index (κ1) is 14.7. The van der Waals surface area contributed by atoms with Gasteiger partial charge in [-0.25, -0.2) is 0 Å². The van der Waals surface area contributed by atoms with Crippen LogP contribution < -0.4 is 5.32 Å². The van der Waals surface area contributed by atoms with Gasteiger partial charge in [0.1, 0.15) is 17.4 Å². The second-order valence-corrected chi connectivity index (χ2v) is 3.71. The number of nitriles is 1. The molecule has 1 rings (SSSR count). The molecule has 0 bridgehead atoms. The Morgan fingerprint density at radius 2 is 2.16 bits per heavy atom. The molecule has 2 N–H and O–H groups in total. The number of aromatic hydroxyl groups is 1. The highest BCUT2D eigenvalue weighted by Crippen LogP contribution is 2.12. The molecular weight excluding hydrogens is 244 g/mol. The molecule has 1 amide bonds. The predicted molar refractivity (Wildman–Crippen MR) is 71.2 cm³/mol. The Balaban J connectivity index is 2.64. The molecular formula is C14H16N2O3. The highest BCUT2D eigenvalue weighted by Gasteiger charge is 2.07. The summed E-state index contributed by atoms with van der Waals surface area (Å²) >= 11 is 0. The van der Waals surface area contributed by atoms with E-state index in [1.807, 2.05) is 13.0 Å². The number of carbonyl (C=O) groups excluding carboxylic acids is 1. The largest absolute Gasteiger partial charge is 0.508 e. The zero-order valence-corrected chi connectivity index (χ0v) is 10.7. The summed E-state index contributed by atoms with van der Waals surface area (Å²) in [5, 5.41) is 20.7. The van der Waals surface area contributed by atoms with Crippen LogP contribution in [0.2, 0.25) is 0 Å². The SMILES string of the molecule is CCOCCNC(=O)/C(C#N)=C/c1ccc(O)cc1. The Kier molecular flexibility index (Phi) is 6.13. The maximum absolute atomic E-state index is 11.7. The average molecular weight is 260 g/mol. The molecule has 1 aromatic rings. The van der Waals surface area contributed by atoms with Gasteiger partial charge in [-0.3, -0.25) is 4.79 Å². The molecule has 19 heavy (non-hydrogen) atoms. The number of phenolic OH excluding ortho intramolecular Hbond substituents is 1. The molecule has 5 heteroatoms. The molecule has 0 aliphatic carbocycles. The van der Waals surface area contributed by atoms with E-state index in [4.69, 9.17) is 15.1 Å². The van der Waals surface area contributed by atoms with E-state index >= 15 is 0 Å². The second kappa shape index (κ2) is 7.90. The fourth-order valence-electron chi connectivity index (χ4n) is 1.36. The molecule has 0 fully saturated rings. The van der Waals surface area contributed by atoms with Crippen molar-refractivity contribution in [1.29, 1.82) is 5.26 Å². The van der Waals surface area contributed by atoms with Gasteiger partial charge in [0, 0.05) is 13.2 Å². The van der Waals surface area contributed by atoms with Gasteiger partial charge >= 0.3 is 0 Å². The van der Waals surface area contributed by atoms with E-state index in [0.29, 0.717) is 25.3 Å². The van der Waals surface area contributed by atoms with Crippen molar-refractivity contribution in [2.75, 3.05) is 19.8 Å². The van der Waals surface area contributed by atoms with E-state index in [0.717, 1.165) is 0 Å². The first-order valence-corrected chi connectivity index (χ1v) is 5.94. The van der Waals surface area contributed by atoms with Crippen LogP contribution in [0.15, 0.2) is 29.8 Å². The number of nitrogens with zero attached hydrogens (tertiary/aromatic N) is 1. The van der Waals surface area contributed by atoms with E-state index < -0.39 is 5.91 Å². The molecule has 0 atom stereocenters. The number of hydrogen-bond acceptors (Lipinski definition) is 4. The number of hydrogen-bond donors (Lipinski definition) is 2. The summed E-state index contributed by atoms with van der Waals surface area (Å²) < 4.78 is 5.08. The van der Waals surface area contributed by atoms with Gasteiger partial charge in [-0.15, -0.1) is 0 Å². The molecule has 0 saturated carbocycles. The fraction of sp³-hybridized carbons (Fsp3) is 0.286. The predicted octanol–water partition coefficient (Wildman–Crippen LogP) is 1.45. The van der Waals surface area contributed by atoms with Crippen LogP contribution in [0.4, 0.5) is 0 Å². The number of rotatable bonds is 6. The molecule has 0 radical (unpaired) electrons. The minimum Gasteiger partial charge on any atom is -0.508 e. The Labute approximate surface area is 112 Å². The van der Waals surface area contributed by atoms with Gasteiger partial charge in [-0.2, -0.15) is 5.26 Å². The Bertz CT molecular complexity index is 486. The standard InChI is InChI=1S/C14H16N2O3/c1-2-19-8-7-16-14(18)12(10-15)9-11-3-5-13(17)6-4-11/h3-6,9,17H,2,7-8H2,1H3,(H,16,18)/b12-9+. The van der Waals surface area contributed by atoms with Gasteiger partial charge in [0.15, 0.2) is 0 Å². The van der Waals surface area contributed by atoms with E-state index in [-0.39, 0.29) is 11.3 Å². The van der Waals surface area contributed by atoms with Crippen LogP contribution in [0.3, 0.4) is 0 Å². The van der Waals surface area contributed by atoms with Gasteiger partial charge < -0.3 is 15.2 Å². The summed E-state index contributed by atoms with van der Waals surface area (Å²) in [4.78, 5) is 11.7. The van der Waals surface area contributed by atoms with Gasteiger partial charge in [0.25, 0.3) is 5.91 Å². The van der Waals surface area contributed by atoms with Crippen LogP contribution in [0.5, 0.6) is 5.75 Å². The van der Waals surface area contributed by atoms with E-state index in [1.165, 1.54) is 18.2 Å². The summed E-state index contributed by atoms with van der Waals surface area (Å²) in [5.41, 5.74) is 0.691. The molecule has 0 heterocycles. The lowest BCUT2D eigenvalue weighted by Crippen LogP contribution is -2.28. The average Bonchev–Trinajstić information content (AvgIpc) is 2.42. The van der Waals surface area contributed by atoms with Gasteiger partial charge in [0.05, 0.1) is 6.61 Å². The number of carbonyl (C=O) groups is 1. The van der Waals surface area contributed by atoms with Crippen molar-refractivity contribution >= 4 is 12.0 Å². The lowest BCUT2D eigenvalue weighted by atomic mass is 10.1. The second-order valence-electron chi connectivity index (χ2n) is 3.71. The number of nitrogens with one attached hydrogen (secondary N) is 1. The van der Waals surface area contributed by atoms with Crippen LogP contribution >= 0.6 is 0 Å². The van der Waals surface area contributed by atoms with E-state index in [2.05, 4.69) is 5.32 Å². The molecule has 0 aliphatic rings. The zero-order valence-electron chi connectivity index (χ0n) is 10.7. The number of phenols is 1. The lowest BCUT2D eigenvalue weighted by molar-refractivity contribution is -0.117. The third-order valence-electron chi connectivity index (χ3n) is 2.31. The van der Waals surface area contributed by atoms with Gasteiger partial charge in [0.2, 0.25) is 0 Å². The summed E-state index contributed by atoms with van der Waals surface area (Å²) in [7, 11) is 0. The van der Waals surface area contributed by atoms with Crippen LogP contribution in [-0.2, 0) is 9.53 Å². The highest BCUT2D eigenvalue weighted by molar-refractivity contribution is 6.01. The van der Waals surface area contributed by atoms with Crippen LogP contribution in [0.25, 0.3) is 6.08 Å². The minimum absolute atomic E-state index is 0.0159. The van der Waals surface area contributed by atoms with Crippen molar-refractivity contribution in [3.8, 4) is 11.8 Å². The van der Waals surface area contributed by atoms with Crippen LogP contribution in [-0.4, -0.2) is 30.8 Å². The third-order valence-corrected chi connectivity index (χ3v) is 2.31. The fourth-order valence-corrected chi connectivity index (χ4v) is 1.36. The first-order valence-electron chi connectivity index (χ1n) is 5.94. The van der Waals surface area contributed by atoms with Crippen molar-refractivity contribution in [3.05, 3.63) is 35.4 Å². The van der Waals surface area contributed by atoms with E-state index in [1.54, 1.807) is 12.1 Å². The molecule has 0 aliphatic heterocycles. The van der Waals surface area contributed by atoms with E-state index in [9.17, 15) is 4.79 Å². The molecule has 0 spiro atoms. The van der Waals surface area contributed by atoms with Crippen molar-refractivity contribution in [2.45, 2.75) is 6.92 Å². The zero-order chi connectivity index (χ0) is 14.1. The van der Waals surface area contributed by atoms with Gasteiger partial charge in [-0.05, 0) is 30.7 Å². The quantitative estimate of drug-likeness (QED) is 0.461. The summed E-state index contributed by atoms with van der Waals surface area (Å²) in [6.45, 7) is 3.24. The monoisotopic (exact) mass is 260 g/mol. The van der Waals surface area contributed by atoms with Crippen molar-refractivity contribution in [3.63, 3.8) is 0 Å². The number of amides is 1. The number of benzene rings is 1. The minimum atomic E-state index is -0.435. The summed E-state index contributed by atoms with van der Waals surface area (Å²) in [6, 6.07) is 8.09. The molecule has 100 valence electrons. The summed E-state index contributed by atoms with van der Waals surface area (Å²) in [6.07, 6.45) is 1.47. The topological polar surface area (TPSA) is 82.3 Å². The maximum Gasteiger partial charge on any atom is 0.262 e. The first-order chi connectivity index (χ1) is 9.17. The molecule has 0 saturated heterocycles. The Morgan fingerprint density at radius 3 is 2.74 bits per heavy atom. The molecule has 0 unspecified atom stereocenters. The molecule has 0 aromatic heterocycles. The lowest BCUT2D eigenvalue weighted by Gasteiger charge is -2.04. The van der Waals surface area contributed by atoms with Crippen LogP contribution in [0.1, 0.15) is 12.5 Å². The normalized spacial score (nSPS) is 10.8. The van der Waals surface area contributed by atoms with Crippen molar-refractivity contribution < 1.29 is 14.6 Å².